The molecule has 2 aromatic heterocycles. The first-order chi connectivity index (χ1) is 10.8. The molecule has 0 N–H and O–H groups in total. The Balaban J connectivity index is 2.02. The van der Waals surface area contributed by atoms with E-state index in [1.807, 2.05) is 24.3 Å². The molecule has 0 radical (unpaired) electrons. The van der Waals surface area contributed by atoms with Gasteiger partial charge in [-0.3, -0.25) is 0 Å². The van der Waals surface area contributed by atoms with E-state index in [-0.39, 0.29) is 0 Å². The van der Waals surface area contributed by atoms with E-state index < -0.39 is 0 Å². The molecule has 0 fully saturated rings. The van der Waals surface area contributed by atoms with E-state index in [1.54, 1.807) is 11.3 Å². The number of nitrogens with zero attached hydrogens (tertiary/aromatic N) is 2. The van der Waals surface area contributed by atoms with Crippen molar-refractivity contribution in [1.82, 2.24) is 9.97 Å². The van der Waals surface area contributed by atoms with Gasteiger partial charge in [0.05, 0.1) is 11.6 Å². The van der Waals surface area contributed by atoms with Crippen molar-refractivity contribution in [2.24, 2.45) is 0 Å². The molecule has 0 saturated heterocycles. The summed E-state index contributed by atoms with van der Waals surface area (Å²) in [5.74, 6) is 1.02. The maximum absolute atomic E-state index is 6.02. The molecule has 0 atom stereocenters. The summed E-state index contributed by atoms with van der Waals surface area (Å²) in [6.07, 6.45) is 4.80. The minimum absolute atomic E-state index is 0.332. The molecule has 5 heteroatoms. The predicted molar refractivity (Wildman–Crippen MR) is 94.1 cm³/mol. The van der Waals surface area contributed by atoms with Gasteiger partial charge in [-0.05, 0) is 43.4 Å². The van der Waals surface area contributed by atoms with Crippen molar-refractivity contribution in [3.63, 3.8) is 0 Å². The lowest BCUT2D eigenvalue weighted by atomic mass is 9.95. The van der Waals surface area contributed by atoms with E-state index >= 15 is 0 Å². The molecule has 0 saturated carbocycles. The van der Waals surface area contributed by atoms with Crippen LogP contribution >= 0.6 is 34.5 Å². The van der Waals surface area contributed by atoms with Gasteiger partial charge >= 0.3 is 0 Å². The quantitative estimate of drug-likeness (QED) is 0.561. The van der Waals surface area contributed by atoms with Gasteiger partial charge in [-0.2, -0.15) is 0 Å². The molecule has 2 heterocycles. The summed E-state index contributed by atoms with van der Waals surface area (Å²) in [5.41, 5.74) is 3.52. The molecule has 0 bridgehead atoms. The third-order valence-corrected chi connectivity index (χ3v) is 5.77. The fourth-order valence-corrected chi connectivity index (χ4v) is 4.60. The van der Waals surface area contributed by atoms with Gasteiger partial charge in [0.15, 0.2) is 0 Å². The summed E-state index contributed by atoms with van der Waals surface area (Å²) in [4.78, 5) is 11.9. The van der Waals surface area contributed by atoms with E-state index in [0.717, 1.165) is 34.0 Å². The van der Waals surface area contributed by atoms with Gasteiger partial charge in [-0.1, -0.05) is 23.7 Å². The molecule has 0 unspecified atom stereocenters. The Hall–Kier alpha value is -1.16. The molecule has 4 rings (SSSR count). The maximum Gasteiger partial charge on any atom is 0.145 e. The van der Waals surface area contributed by atoms with E-state index in [2.05, 4.69) is 4.98 Å². The smallest absolute Gasteiger partial charge is 0.145 e. The van der Waals surface area contributed by atoms with Gasteiger partial charge in [-0.15, -0.1) is 22.9 Å². The van der Waals surface area contributed by atoms with E-state index in [0.29, 0.717) is 11.7 Å². The van der Waals surface area contributed by atoms with Crippen LogP contribution in [0.25, 0.3) is 21.5 Å². The molecule has 22 heavy (non-hydrogen) atoms. The summed E-state index contributed by atoms with van der Waals surface area (Å²) in [6, 6.07) is 7.86. The summed E-state index contributed by atoms with van der Waals surface area (Å²) in [7, 11) is 0. The molecule has 3 aromatic rings. The lowest BCUT2D eigenvalue weighted by molar-refractivity contribution is 0.700. The van der Waals surface area contributed by atoms with Gasteiger partial charge in [0.2, 0.25) is 0 Å². The lowest BCUT2D eigenvalue weighted by Gasteiger charge is -2.12. The number of aromatic nitrogens is 2. The second-order valence-corrected chi connectivity index (χ2v) is 7.31. The van der Waals surface area contributed by atoms with E-state index in [9.17, 15) is 0 Å². The van der Waals surface area contributed by atoms with Crippen LogP contribution in [0.2, 0.25) is 5.02 Å². The Bertz CT molecular complexity index is 840. The van der Waals surface area contributed by atoms with Crippen LogP contribution in [-0.2, 0) is 18.7 Å². The Morgan fingerprint density at radius 1 is 1.05 bits per heavy atom. The number of alkyl halides is 1. The minimum atomic E-state index is 0.332. The molecule has 1 aliphatic carbocycles. The molecule has 112 valence electrons. The number of aryl methyl sites for hydroxylation is 2. The Morgan fingerprint density at radius 3 is 2.59 bits per heavy atom. The van der Waals surface area contributed by atoms with E-state index in [4.69, 9.17) is 28.2 Å². The van der Waals surface area contributed by atoms with Crippen molar-refractivity contribution in [3.05, 3.63) is 45.6 Å². The highest BCUT2D eigenvalue weighted by molar-refractivity contribution is 7.19. The molecule has 0 aliphatic heterocycles. The Labute approximate surface area is 143 Å². The minimum Gasteiger partial charge on any atom is -0.231 e. The molecule has 1 aliphatic rings. The van der Waals surface area contributed by atoms with Crippen molar-refractivity contribution >= 4 is 44.8 Å². The second-order valence-electron chi connectivity index (χ2n) is 5.52. The molecule has 1 aromatic carbocycles. The highest BCUT2D eigenvalue weighted by atomic mass is 35.5. The Morgan fingerprint density at radius 2 is 1.82 bits per heavy atom. The zero-order valence-electron chi connectivity index (χ0n) is 11.9. The first-order valence-electron chi connectivity index (χ1n) is 7.39. The zero-order chi connectivity index (χ0) is 15.1. The number of halogens is 2. The van der Waals surface area contributed by atoms with Crippen molar-refractivity contribution < 1.29 is 0 Å². The van der Waals surface area contributed by atoms with Crippen LogP contribution < -0.4 is 0 Å². The lowest BCUT2D eigenvalue weighted by Crippen LogP contribution is -2.00. The molecule has 0 spiro atoms. The van der Waals surface area contributed by atoms with Crippen LogP contribution in [0.15, 0.2) is 24.3 Å². The molecule has 2 nitrogen and oxygen atoms in total. The SMILES string of the molecule is ClCc1nc(-c2ccc(Cl)cc2)c2c3c(sc2n1)CCCC3. The van der Waals surface area contributed by atoms with Crippen molar-refractivity contribution in [2.75, 3.05) is 0 Å². The first-order valence-corrected chi connectivity index (χ1v) is 9.12. The average Bonchev–Trinajstić information content (AvgIpc) is 2.93. The zero-order valence-corrected chi connectivity index (χ0v) is 14.2. The third kappa shape index (κ3) is 2.41. The number of thiophene rings is 1. The van der Waals surface area contributed by atoms with Crippen molar-refractivity contribution in [1.29, 1.82) is 0 Å². The number of benzene rings is 1. The average molecular weight is 349 g/mol. The summed E-state index contributed by atoms with van der Waals surface area (Å²) in [5, 5.41) is 1.95. The standard InChI is InChI=1S/C17H14Cl2N2S/c18-9-14-20-16(10-5-7-11(19)8-6-10)15-12-3-1-2-4-13(12)22-17(15)21-14/h5-8H,1-4,9H2. The van der Waals surface area contributed by atoms with Crippen LogP contribution in [0.3, 0.4) is 0 Å². The fourth-order valence-electron chi connectivity index (χ4n) is 3.08. The molecule has 0 amide bonds. The van der Waals surface area contributed by atoms with E-state index in [1.165, 1.54) is 28.7 Å². The number of fused-ring (bicyclic) bond motifs is 3. The number of rotatable bonds is 2. The monoisotopic (exact) mass is 348 g/mol. The van der Waals surface area contributed by atoms with Crippen LogP contribution in [0.4, 0.5) is 0 Å². The highest BCUT2D eigenvalue weighted by Gasteiger charge is 2.21. The summed E-state index contributed by atoms with van der Waals surface area (Å²) in [6.45, 7) is 0. The van der Waals surface area contributed by atoms with Gasteiger partial charge in [0.25, 0.3) is 0 Å². The van der Waals surface area contributed by atoms with Crippen LogP contribution in [0.5, 0.6) is 0 Å². The fraction of sp³-hybridized carbons (Fsp3) is 0.294. The van der Waals surface area contributed by atoms with Crippen molar-refractivity contribution in [3.8, 4) is 11.3 Å². The molecular formula is C17H14Cl2N2S. The van der Waals surface area contributed by atoms with Crippen LogP contribution in [0.1, 0.15) is 29.1 Å². The summed E-state index contributed by atoms with van der Waals surface area (Å²) >= 11 is 13.8. The van der Waals surface area contributed by atoms with Crippen molar-refractivity contribution in [2.45, 2.75) is 31.6 Å². The predicted octanol–water partition coefficient (Wildman–Crippen LogP) is 5.63. The van der Waals surface area contributed by atoms with Gasteiger partial charge in [-0.25, -0.2) is 9.97 Å². The third-order valence-electron chi connectivity index (χ3n) is 4.10. The van der Waals surface area contributed by atoms with Crippen LogP contribution in [-0.4, -0.2) is 9.97 Å². The second kappa shape index (κ2) is 5.80. The Kier molecular flexibility index (Phi) is 3.81. The maximum atomic E-state index is 6.02. The first kappa shape index (κ1) is 14.4. The normalized spacial score (nSPS) is 14.3. The largest absolute Gasteiger partial charge is 0.231 e. The van der Waals surface area contributed by atoms with Gasteiger partial charge in [0.1, 0.15) is 10.7 Å². The van der Waals surface area contributed by atoms with Crippen LogP contribution in [0, 0.1) is 0 Å². The number of hydrogen-bond donors (Lipinski definition) is 0. The number of hydrogen-bond acceptors (Lipinski definition) is 3. The van der Waals surface area contributed by atoms with Gasteiger partial charge < -0.3 is 0 Å². The topological polar surface area (TPSA) is 25.8 Å². The van der Waals surface area contributed by atoms with Gasteiger partial charge in [0, 0.05) is 20.8 Å². The summed E-state index contributed by atoms with van der Waals surface area (Å²) < 4.78 is 0. The highest BCUT2D eigenvalue weighted by Crippen LogP contribution is 2.40. The molecular weight excluding hydrogens is 335 g/mol.